The molecule has 164 valence electrons. The molecule has 0 spiro atoms. The molecule has 4 aliphatic rings. The molecule has 1 saturated carbocycles. The summed E-state index contributed by atoms with van der Waals surface area (Å²) < 4.78 is 0. The Labute approximate surface area is 188 Å². The van der Waals surface area contributed by atoms with E-state index in [0.717, 1.165) is 81.8 Å². The average Bonchev–Trinajstić information content (AvgIpc) is 3.55. The van der Waals surface area contributed by atoms with Crippen molar-refractivity contribution in [3.8, 4) is 0 Å². The average molecular weight is 429 g/mol. The topological polar surface area (TPSA) is 56.8 Å². The van der Waals surface area contributed by atoms with Gasteiger partial charge in [-0.15, -0.1) is 0 Å². The monoisotopic (exact) mass is 428 g/mol. The van der Waals surface area contributed by atoms with Crippen molar-refractivity contribution in [2.24, 2.45) is 5.92 Å². The Bertz CT molecular complexity index is 1090. The summed E-state index contributed by atoms with van der Waals surface area (Å²) in [5.74, 6) is 0.780. The lowest BCUT2D eigenvalue weighted by atomic mass is 10.0. The van der Waals surface area contributed by atoms with Crippen LogP contribution in [0.5, 0.6) is 0 Å². The van der Waals surface area contributed by atoms with Crippen LogP contribution < -0.4 is 4.90 Å². The van der Waals surface area contributed by atoms with E-state index in [4.69, 9.17) is 0 Å². The predicted molar refractivity (Wildman–Crippen MR) is 124 cm³/mol. The van der Waals surface area contributed by atoms with Gasteiger partial charge in [0.1, 0.15) is 0 Å². The molecule has 0 radical (unpaired) electrons. The van der Waals surface area contributed by atoms with E-state index in [1.807, 2.05) is 28.1 Å². The van der Waals surface area contributed by atoms with Gasteiger partial charge in [0.05, 0.1) is 5.69 Å². The molecule has 32 heavy (non-hydrogen) atoms. The van der Waals surface area contributed by atoms with Gasteiger partial charge >= 0.3 is 0 Å². The summed E-state index contributed by atoms with van der Waals surface area (Å²) in [6.45, 7) is 5.08. The predicted octanol–water partition coefficient (Wildman–Crippen LogP) is 3.08. The SMILES string of the molecule is O=C(c1ccc(C2=Cc3c(N4CCN(C(=O)C5CC5)CC4)ccnc3C2)cc1)N1CCC1. The molecule has 3 heterocycles. The number of allylic oxidation sites excluding steroid dienone is 1. The number of rotatable bonds is 4. The van der Waals surface area contributed by atoms with E-state index in [-0.39, 0.29) is 5.91 Å². The van der Waals surface area contributed by atoms with Crippen LogP contribution in [0.25, 0.3) is 11.6 Å². The summed E-state index contributed by atoms with van der Waals surface area (Å²) in [7, 11) is 0. The second kappa shape index (κ2) is 7.76. The van der Waals surface area contributed by atoms with Gasteiger partial charge < -0.3 is 14.7 Å². The molecular weight excluding hydrogens is 400 g/mol. The van der Waals surface area contributed by atoms with Crippen molar-refractivity contribution in [3.63, 3.8) is 0 Å². The first-order valence-electron chi connectivity index (χ1n) is 11.8. The van der Waals surface area contributed by atoms with Crippen LogP contribution in [0.3, 0.4) is 0 Å². The van der Waals surface area contributed by atoms with E-state index in [1.54, 1.807) is 0 Å². The number of benzene rings is 1. The van der Waals surface area contributed by atoms with Gasteiger partial charge in [0.15, 0.2) is 0 Å². The van der Waals surface area contributed by atoms with Gasteiger partial charge in [0.25, 0.3) is 5.91 Å². The Balaban J connectivity index is 1.18. The molecule has 6 heteroatoms. The van der Waals surface area contributed by atoms with Crippen LogP contribution in [-0.2, 0) is 11.2 Å². The normalized spacial score (nSPS) is 20.0. The molecular formula is C26H28N4O2. The highest BCUT2D eigenvalue weighted by atomic mass is 16.2. The van der Waals surface area contributed by atoms with E-state index in [9.17, 15) is 9.59 Å². The maximum atomic E-state index is 12.4. The molecule has 1 aromatic heterocycles. The minimum atomic E-state index is 0.134. The fraction of sp³-hybridized carbons (Fsp3) is 0.423. The molecule has 1 aromatic carbocycles. The zero-order valence-electron chi connectivity index (χ0n) is 18.3. The largest absolute Gasteiger partial charge is 0.367 e. The number of fused-ring (bicyclic) bond motifs is 1. The van der Waals surface area contributed by atoms with Crippen LogP contribution in [0.1, 0.15) is 46.4 Å². The van der Waals surface area contributed by atoms with Crippen molar-refractivity contribution >= 4 is 29.2 Å². The first kappa shape index (κ1) is 19.5. The summed E-state index contributed by atoms with van der Waals surface area (Å²) >= 11 is 0. The summed E-state index contributed by atoms with van der Waals surface area (Å²) in [5, 5.41) is 0. The smallest absolute Gasteiger partial charge is 0.253 e. The van der Waals surface area contributed by atoms with Gasteiger partial charge in [-0.1, -0.05) is 12.1 Å². The molecule has 2 saturated heterocycles. The zero-order valence-corrected chi connectivity index (χ0v) is 18.3. The third-order valence-corrected chi connectivity index (χ3v) is 7.23. The third-order valence-electron chi connectivity index (χ3n) is 7.23. The fourth-order valence-corrected chi connectivity index (χ4v) is 4.95. The number of pyridine rings is 1. The highest BCUT2D eigenvalue weighted by Gasteiger charge is 2.35. The number of aromatic nitrogens is 1. The highest BCUT2D eigenvalue weighted by molar-refractivity contribution is 5.96. The Morgan fingerprint density at radius 2 is 1.62 bits per heavy atom. The molecule has 0 N–H and O–H groups in total. The van der Waals surface area contributed by atoms with Crippen molar-refractivity contribution in [1.29, 1.82) is 0 Å². The van der Waals surface area contributed by atoms with Gasteiger partial charge in [-0.05, 0) is 54.7 Å². The zero-order chi connectivity index (χ0) is 21.7. The summed E-state index contributed by atoms with van der Waals surface area (Å²) in [6, 6.07) is 10.1. The Morgan fingerprint density at radius 3 is 2.28 bits per heavy atom. The summed E-state index contributed by atoms with van der Waals surface area (Å²) in [4.78, 5) is 35.8. The van der Waals surface area contributed by atoms with E-state index in [2.05, 4.69) is 34.2 Å². The number of anilines is 1. The lowest BCUT2D eigenvalue weighted by molar-refractivity contribution is -0.132. The maximum Gasteiger partial charge on any atom is 0.253 e. The van der Waals surface area contributed by atoms with Crippen LogP contribution in [0, 0.1) is 5.92 Å². The first-order valence-corrected chi connectivity index (χ1v) is 11.8. The van der Waals surface area contributed by atoms with Gasteiger partial charge in [0.2, 0.25) is 5.91 Å². The molecule has 0 atom stereocenters. The van der Waals surface area contributed by atoms with Crippen molar-refractivity contribution in [1.82, 2.24) is 14.8 Å². The number of amides is 2. The Hall–Kier alpha value is -3.15. The highest BCUT2D eigenvalue weighted by Crippen LogP contribution is 2.37. The number of likely N-dealkylation sites (tertiary alicyclic amines) is 1. The molecule has 3 fully saturated rings. The van der Waals surface area contributed by atoms with E-state index in [1.165, 1.54) is 16.8 Å². The van der Waals surface area contributed by atoms with Gasteiger partial charge in [-0.25, -0.2) is 0 Å². The second-order valence-electron chi connectivity index (χ2n) is 9.35. The standard InChI is InChI=1S/C26H28N4O2/c31-25(29-10-1-11-29)19-4-2-18(3-5-19)21-16-22-23(17-21)27-9-8-24(22)28-12-14-30(15-13-28)26(32)20-6-7-20/h2-5,8-9,16,20H,1,6-7,10-15,17H2. The van der Waals surface area contributed by atoms with Crippen LogP contribution in [0.15, 0.2) is 36.5 Å². The van der Waals surface area contributed by atoms with E-state index in [0.29, 0.717) is 11.8 Å². The van der Waals surface area contributed by atoms with Crippen LogP contribution in [0.4, 0.5) is 5.69 Å². The molecule has 2 aliphatic carbocycles. The lowest BCUT2D eigenvalue weighted by Gasteiger charge is -2.37. The number of nitrogens with zero attached hydrogens (tertiary/aromatic N) is 4. The molecule has 0 unspecified atom stereocenters. The fourth-order valence-electron chi connectivity index (χ4n) is 4.95. The first-order chi connectivity index (χ1) is 15.7. The molecule has 2 amide bonds. The Morgan fingerprint density at radius 1 is 0.875 bits per heavy atom. The summed E-state index contributed by atoms with van der Waals surface area (Å²) in [5.41, 5.74) is 6.68. The molecule has 6 nitrogen and oxygen atoms in total. The van der Waals surface area contributed by atoms with Crippen molar-refractivity contribution in [2.75, 3.05) is 44.2 Å². The minimum absolute atomic E-state index is 0.134. The maximum absolute atomic E-state index is 12.4. The lowest BCUT2D eigenvalue weighted by Crippen LogP contribution is -2.49. The number of carbonyl (C=O) groups excluding carboxylic acids is 2. The van der Waals surface area contributed by atoms with E-state index >= 15 is 0 Å². The van der Waals surface area contributed by atoms with Crippen LogP contribution in [-0.4, -0.2) is 65.9 Å². The third kappa shape index (κ3) is 3.48. The van der Waals surface area contributed by atoms with Gasteiger partial charge in [0, 0.05) is 74.6 Å². The number of hydrogen-bond donors (Lipinski definition) is 0. The second-order valence-corrected chi connectivity index (χ2v) is 9.35. The van der Waals surface area contributed by atoms with Crippen molar-refractivity contribution in [3.05, 3.63) is 58.9 Å². The molecule has 6 rings (SSSR count). The van der Waals surface area contributed by atoms with E-state index < -0.39 is 0 Å². The molecule has 0 bridgehead atoms. The molecule has 2 aliphatic heterocycles. The van der Waals surface area contributed by atoms with Gasteiger partial charge in [-0.2, -0.15) is 0 Å². The number of carbonyl (C=O) groups is 2. The van der Waals surface area contributed by atoms with Crippen molar-refractivity contribution < 1.29 is 9.59 Å². The Kier molecular flexibility index (Phi) is 4.74. The quantitative estimate of drug-likeness (QED) is 0.751. The van der Waals surface area contributed by atoms with Crippen molar-refractivity contribution in [2.45, 2.75) is 25.7 Å². The van der Waals surface area contributed by atoms with Crippen LogP contribution in [0.2, 0.25) is 0 Å². The van der Waals surface area contributed by atoms with Gasteiger partial charge in [-0.3, -0.25) is 14.6 Å². The summed E-state index contributed by atoms with van der Waals surface area (Å²) in [6.07, 6.45) is 8.21. The van der Waals surface area contributed by atoms with Crippen LogP contribution >= 0.6 is 0 Å². The number of piperazine rings is 1. The minimum Gasteiger partial charge on any atom is -0.367 e. The molecule has 2 aromatic rings. The number of hydrogen-bond acceptors (Lipinski definition) is 4.